The second-order valence-electron chi connectivity index (χ2n) is 6.09. The van der Waals surface area contributed by atoms with E-state index >= 15 is 0 Å². The third kappa shape index (κ3) is 3.23. The number of carbonyl (C=O) groups excluding carboxylic acids is 1. The van der Waals surface area contributed by atoms with Gasteiger partial charge in [-0.05, 0) is 64.6 Å². The van der Waals surface area contributed by atoms with Gasteiger partial charge in [-0.3, -0.25) is 4.79 Å². The molecule has 2 N–H and O–H groups in total. The van der Waals surface area contributed by atoms with Crippen molar-refractivity contribution in [1.29, 1.82) is 0 Å². The Balaban J connectivity index is 1.78. The van der Waals surface area contributed by atoms with E-state index < -0.39 is 0 Å². The minimum absolute atomic E-state index is 0.122. The Morgan fingerprint density at radius 1 is 1.06 bits per heavy atom. The lowest BCUT2D eigenvalue weighted by Crippen LogP contribution is -2.47. The van der Waals surface area contributed by atoms with Crippen molar-refractivity contribution in [3.8, 4) is 0 Å². The van der Waals surface area contributed by atoms with E-state index in [4.69, 9.17) is 5.73 Å². The van der Waals surface area contributed by atoms with Crippen molar-refractivity contribution >= 4 is 5.91 Å². The molecule has 0 aromatic carbocycles. The second-order valence-corrected chi connectivity index (χ2v) is 6.09. The van der Waals surface area contributed by atoms with Crippen LogP contribution in [0, 0.1) is 11.8 Å². The average Bonchev–Trinajstić information content (AvgIpc) is 2.39. The quantitative estimate of drug-likeness (QED) is 0.796. The van der Waals surface area contributed by atoms with Crippen molar-refractivity contribution in [2.75, 3.05) is 33.2 Å². The van der Waals surface area contributed by atoms with Crippen LogP contribution in [0.25, 0.3) is 0 Å². The molecule has 1 atom stereocenters. The molecule has 2 aliphatic rings. The van der Waals surface area contributed by atoms with Crippen molar-refractivity contribution in [1.82, 2.24) is 9.80 Å². The third-order valence-corrected chi connectivity index (χ3v) is 4.67. The fraction of sp³-hybridized carbons (Fsp3) is 0.929. The molecule has 2 heterocycles. The van der Waals surface area contributed by atoms with Gasteiger partial charge >= 0.3 is 0 Å². The summed E-state index contributed by atoms with van der Waals surface area (Å²) >= 11 is 0. The molecule has 0 bridgehead atoms. The van der Waals surface area contributed by atoms with Crippen molar-refractivity contribution in [3.63, 3.8) is 0 Å². The van der Waals surface area contributed by atoms with Crippen LogP contribution in [-0.2, 0) is 4.79 Å². The summed E-state index contributed by atoms with van der Waals surface area (Å²) in [5, 5.41) is 0. The number of hydrogen-bond acceptors (Lipinski definition) is 3. The van der Waals surface area contributed by atoms with E-state index in [1.165, 1.54) is 38.8 Å². The highest BCUT2D eigenvalue weighted by molar-refractivity contribution is 5.81. The summed E-state index contributed by atoms with van der Waals surface area (Å²) < 4.78 is 0. The van der Waals surface area contributed by atoms with Crippen LogP contribution in [0.5, 0.6) is 0 Å². The highest BCUT2D eigenvalue weighted by Gasteiger charge is 2.30. The number of hydrogen-bond donors (Lipinski definition) is 1. The fourth-order valence-electron chi connectivity index (χ4n) is 3.38. The van der Waals surface area contributed by atoms with E-state index in [1.54, 1.807) is 6.92 Å². The maximum atomic E-state index is 11.8. The Morgan fingerprint density at radius 3 is 1.94 bits per heavy atom. The van der Waals surface area contributed by atoms with Crippen molar-refractivity contribution < 1.29 is 4.79 Å². The molecule has 18 heavy (non-hydrogen) atoms. The molecule has 2 rings (SSSR count). The van der Waals surface area contributed by atoms with Gasteiger partial charge in [0.25, 0.3) is 0 Å². The summed E-state index contributed by atoms with van der Waals surface area (Å²) in [6.45, 7) is 6.09. The average molecular weight is 253 g/mol. The first-order valence-corrected chi connectivity index (χ1v) is 7.31. The summed E-state index contributed by atoms with van der Waals surface area (Å²) in [5.41, 5.74) is 5.66. The molecule has 0 aliphatic carbocycles. The van der Waals surface area contributed by atoms with Crippen LogP contribution < -0.4 is 5.73 Å². The largest absolute Gasteiger partial charge is 0.341 e. The molecule has 1 amide bonds. The highest BCUT2D eigenvalue weighted by atomic mass is 16.2. The fourth-order valence-corrected chi connectivity index (χ4v) is 3.38. The van der Waals surface area contributed by atoms with E-state index in [0.29, 0.717) is 0 Å². The highest BCUT2D eigenvalue weighted by Crippen LogP contribution is 2.32. The molecule has 0 spiro atoms. The zero-order valence-electron chi connectivity index (χ0n) is 11.8. The molecule has 104 valence electrons. The normalized spacial score (nSPS) is 26.3. The van der Waals surface area contributed by atoms with Gasteiger partial charge in [-0.1, -0.05) is 0 Å². The molecule has 2 fully saturated rings. The SMILES string of the molecule is CC(N)C(=O)N1CCC(C2CCN(C)CC2)CC1. The van der Waals surface area contributed by atoms with Gasteiger partial charge in [-0.25, -0.2) is 0 Å². The van der Waals surface area contributed by atoms with Crippen LogP contribution in [0.1, 0.15) is 32.6 Å². The van der Waals surface area contributed by atoms with E-state index in [-0.39, 0.29) is 11.9 Å². The molecule has 2 saturated heterocycles. The number of rotatable bonds is 2. The summed E-state index contributed by atoms with van der Waals surface area (Å²) in [7, 11) is 2.21. The standard InChI is InChI=1S/C14H27N3O/c1-11(15)14(18)17-9-5-13(6-10-17)12-3-7-16(2)8-4-12/h11-13H,3-10,15H2,1-2H3. The monoisotopic (exact) mass is 253 g/mol. The van der Waals surface area contributed by atoms with Gasteiger partial charge in [-0.15, -0.1) is 0 Å². The number of nitrogens with two attached hydrogens (primary N) is 1. The van der Waals surface area contributed by atoms with Crippen molar-refractivity contribution in [2.24, 2.45) is 17.6 Å². The number of nitrogens with zero attached hydrogens (tertiary/aromatic N) is 2. The Labute approximate surface area is 110 Å². The summed E-state index contributed by atoms with van der Waals surface area (Å²) in [4.78, 5) is 16.2. The van der Waals surface area contributed by atoms with Crippen molar-refractivity contribution in [2.45, 2.75) is 38.6 Å². The molecule has 0 aromatic rings. The lowest BCUT2D eigenvalue weighted by Gasteiger charge is -2.39. The number of likely N-dealkylation sites (tertiary alicyclic amines) is 2. The van der Waals surface area contributed by atoms with Gasteiger partial charge in [0.05, 0.1) is 6.04 Å². The molecule has 4 nitrogen and oxygen atoms in total. The maximum Gasteiger partial charge on any atom is 0.239 e. The van der Waals surface area contributed by atoms with Gasteiger partial charge in [-0.2, -0.15) is 0 Å². The zero-order valence-corrected chi connectivity index (χ0v) is 11.8. The minimum Gasteiger partial charge on any atom is -0.341 e. The van der Waals surface area contributed by atoms with Gasteiger partial charge < -0.3 is 15.5 Å². The number of carbonyl (C=O) groups is 1. The van der Waals surface area contributed by atoms with Crippen LogP contribution in [-0.4, -0.2) is 55.0 Å². The van der Waals surface area contributed by atoms with Crippen LogP contribution in [0.2, 0.25) is 0 Å². The summed E-state index contributed by atoms with van der Waals surface area (Å²) in [5.74, 6) is 1.83. The minimum atomic E-state index is -0.343. The Bertz CT molecular complexity index is 277. The lowest BCUT2D eigenvalue weighted by molar-refractivity contribution is -0.133. The Hall–Kier alpha value is -0.610. The maximum absolute atomic E-state index is 11.8. The molecule has 4 heteroatoms. The molecular formula is C14H27N3O. The van der Waals surface area contributed by atoms with Crippen LogP contribution >= 0.6 is 0 Å². The van der Waals surface area contributed by atoms with Gasteiger partial charge in [0.2, 0.25) is 5.91 Å². The van der Waals surface area contributed by atoms with Gasteiger partial charge in [0.1, 0.15) is 0 Å². The molecule has 1 unspecified atom stereocenters. The van der Waals surface area contributed by atoms with E-state index in [2.05, 4.69) is 11.9 Å². The first kappa shape index (κ1) is 13.8. The molecule has 0 saturated carbocycles. The van der Waals surface area contributed by atoms with Crippen molar-refractivity contribution in [3.05, 3.63) is 0 Å². The lowest BCUT2D eigenvalue weighted by atomic mass is 9.79. The first-order valence-electron chi connectivity index (χ1n) is 7.31. The topological polar surface area (TPSA) is 49.6 Å². The van der Waals surface area contributed by atoms with E-state index in [9.17, 15) is 4.79 Å². The molecule has 0 radical (unpaired) electrons. The van der Waals surface area contributed by atoms with E-state index in [0.717, 1.165) is 24.9 Å². The van der Waals surface area contributed by atoms with Crippen LogP contribution in [0.3, 0.4) is 0 Å². The summed E-state index contributed by atoms with van der Waals surface area (Å²) in [6, 6.07) is -0.343. The first-order chi connectivity index (χ1) is 8.58. The van der Waals surface area contributed by atoms with E-state index in [1.807, 2.05) is 4.90 Å². The zero-order chi connectivity index (χ0) is 13.1. The smallest absolute Gasteiger partial charge is 0.239 e. The molecule has 2 aliphatic heterocycles. The second kappa shape index (κ2) is 6.02. The third-order valence-electron chi connectivity index (χ3n) is 4.67. The predicted molar refractivity (Wildman–Crippen MR) is 73.2 cm³/mol. The Kier molecular flexibility index (Phi) is 4.62. The summed E-state index contributed by atoms with van der Waals surface area (Å²) in [6.07, 6.45) is 5.02. The number of piperidine rings is 2. The van der Waals surface area contributed by atoms with Crippen LogP contribution in [0.15, 0.2) is 0 Å². The van der Waals surface area contributed by atoms with Gasteiger partial charge in [0, 0.05) is 13.1 Å². The van der Waals surface area contributed by atoms with Crippen LogP contribution in [0.4, 0.5) is 0 Å². The molecule has 0 aromatic heterocycles. The Morgan fingerprint density at radius 2 is 1.50 bits per heavy atom. The van der Waals surface area contributed by atoms with Gasteiger partial charge in [0.15, 0.2) is 0 Å². The molecular weight excluding hydrogens is 226 g/mol. The number of amides is 1. The predicted octanol–water partition coefficient (Wildman–Crippen LogP) is 0.914.